The molecule has 0 unspecified atom stereocenters. The molecule has 1 aliphatic rings. The van der Waals surface area contributed by atoms with Crippen molar-refractivity contribution >= 4 is 54.8 Å². The maximum atomic E-state index is 12.1. The second kappa shape index (κ2) is 13.7. The molecule has 0 radical (unpaired) electrons. The summed E-state index contributed by atoms with van der Waals surface area (Å²) < 4.78 is 4.62. The Balaban J connectivity index is 1.07. The van der Waals surface area contributed by atoms with Crippen LogP contribution in [0.15, 0.2) is 188 Å². The Morgan fingerprint density at radius 3 is 1.59 bits per heavy atom. The summed E-state index contributed by atoms with van der Waals surface area (Å²) in [5.41, 5.74) is 11.9. The standard InChI is InChI=1S/C53H34N4O/c58-52-50(35-16-4-1-5-17-35)54-53(39-29-31-49-45(34-39)43-25-13-15-27-47(43)57(49)41-22-8-3-9-23-41)55-51(52)38-19-11-10-18-36(32-38)37-28-30-48-44(33-37)42-24-12-14-26-46(42)56(48)40-20-6-2-7-21-40/h1-9,12-18,20-34,58H,10H2. The number of aromatic hydroxyl groups is 1. The zero-order valence-electron chi connectivity index (χ0n) is 31.3. The Morgan fingerprint density at radius 2 is 0.966 bits per heavy atom. The number of nitrogens with zero attached hydrogens (tertiary/aromatic N) is 4. The normalized spacial score (nSPS) is 12.7. The molecule has 0 aliphatic heterocycles. The molecule has 5 nitrogen and oxygen atoms in total. The van der Waals surface area contributed by atoms with Crippen molar-refractivity contribution < 1.29 is 5.11 Å². The molecule has 0 amide bonds. The number of allylic oxidation sites excluding steroid dienone is 4. The van der Waals surface area contributed by atoms with Gasteiger partial charge >= 0.3 is 0 Å². The highest BCUT2D eigenvalue weighted by Gasteiger charge is 2.22. The average Bonchev–Trinajstić information content (AvgIpc) is 3.67. The highest BCUT2D eigenvalue weighted by Crippen LogP contribution is 2.40. The molecule has 11 rings (SSSR count). The van der Waals surface area contributed by atoms with Gasteiger partial charge in [-0.3, -0.25) is 0 Å². The van der Waals surface area contributed by atoms with E-state index < -0.39 is 0 Å². The van der Waals surface area contributed by atoms with Crippen LogP contribution in [0.2, 0.25) is 0 Å². The highest BCUT2D eigenvalue weighted by atomic mass is 16.3. The topological polar surface area (TPSA) is 55.9 Å². The molecule has 0 fully saturated rings. The van der Waals surface area contributed by atoms with Crippen molar-refractivity contribution in [1.82, 2.24) is 19.1 Å². The van der Waals surface area contributed by atoms with Crippen molar-refractivity contribution in [3.8, 4) is 51.6 Å². The first-order valence-corrected chi connectivity index (χ1v) is 19.5. The van der Waals surface area contributed by atoms with Gasteiger partial charge in [0.15, 0.2) is 11.6 Å². The van der Waals surface area contributed by atoms with Crippen LogP contribution in [0.3, 0.4) is 0 Å². The predicted octanol–water partition coefficient (Wildman–Crippen LogP) is 12.6. The molecule has 10 aromatic rings. The maximum Gasteiger partial charge on any atom is 0.169 e. The molecule has 1 aliphatic carbocycles. The van der Waals surface area contributed by atoms with E-state index in [4.69, 9.17) is 9.97 Å². The zero-order chi connectivity index (χ0) is 38.6. The number of hydrogen-bond donors (Lipinski definition) is 1. The van der Waals surface area contributed by atoms with Crippen molar-refractivity contribution in [3.05, 3.63) is 199 Å². The van der Waals surface area contributed by atoms with Crippen LogP contribution in [0.25, 0.3) is 88.8 Å². The lowest BCUT2D eigenvalue weighted by Crippen LogP contribution is -2.00. The molecular formula is C53H34N4O. The van der Waals surface area contributed by atoms with Gasteiger partial charge < -0.3 is 14.2 Å². The molecule has 1 N–H and O–H groups in total. The predicted molar refractivity (Wildman–Crippen MR) is 238 cm³/mol. The largest absolute Gasteiger partial charge is 0.504 e. The zero-order valence-corrected chi connectivity index (χ0v) is 31.3. The fourth-order valence-electron chi connectivity index (χ4n) is 8.43. The smallest absolute Gasteiger partial charge is 0.169 e. The van der Waals surface area contributed by atoms with Gasteiger partial charge in [-0.15, -0.1) is 0 Å². The Morgan fingerprint density at radius 1 is 0.466 bits per heavy atom. The molecule has 3 heterocycles. The fourth-order valence-corrected chi connectivity index (χ4v) is 8.43. The van der Waals surface area contributed by atoms with Gasteiger partial charge in [-0.2, -0.15) is 0 Å². The Bertz CT molecular complexity index is 3360. The molecule has 272 valence electrons. The quantitative estimate of drug-likeness (QED) is 0.173. The summed E-state index contributed by atoms with van der Waals surface area (Å²) in [6, 6.07) is 60.8. The van der Waals surface area contributed by atoms with Crippen molar-refractivity contribution in [2.75, 3.05) is 0 Å². The molecule has 5 heteroatoms. The summed E-state index contributed by atoms with van der Waals surface area (Å²) in [6.07, 6.45) is 4.78. The van der Waals surface area contributed by atoms with Gasteiger partial charge in [-0.05, 0) is 83.9 Å². The van der Waals surface area contributed by atoms with Crippen molar-refractivity contribution in [2.45, 2.75) is 6.42 Å². The van der Waals surface area contributed by atoms with Gasteiger partial charge in [-0.25, -0.2) is 9.97 Å². The van der Waals surface area contributed by atoms with Crippen molar-refractivity contribution in [1.29, 1.82) is 0 Å². The molecule has 3 aromatic heterocycles. The van der Waals surface area contributed by atoms with Gasteiger partial charge in [0.2, 0.25) is 0 Å². The van der Waals surface area contributed by atoms with E-state index in [0.29, 0.717) is 29.2 Å². The summed E-state index contributed by atoms with van der Waals surface area (Å²) in [4.78, 5) is 10.2. The third-order valence-electron chi connectivity index (χ3n) is 11.1. The maximum absolute atomic E-state index is 12.1. The molecule has 0 spiro atoms. The molecule has 0 atom stereocenters. The van der Waals surface area contributed by atoms with Gasteiger partial charge in [-0.1, -0.05) is 127 Å². The summed E-state index contributed by atoms with van der Waals surface area (Å²) in [5, 5.41) is 16.7. The summed E-state index contributed by atoms with van der Waals surface area (Å²) >= 11 is 0. The summed E-state index contributed by atoms with van der Waals surface area (Å²) in [6.45, 7) is 0. The van der Waals surface area contributed by atoms with E-state index >= 15 is 0 Å². The molecule has 0 bridgehead atoms. The first-order chi connectivity index (χ1) is 28.7. The second-order valence-electron chi connectivity index (χ2n) is 14.5. The lowest BCUT2D eigenvalue weighted by Gasteiger charge is -2.13. The van der Waals surface area contributed by atoms with Gasteiger partial charge in [0.1, 0.15) is 11.4 Å². The number of hydrogen-bond acceptors (Lipinski definition) is 3. The van der Waals surface area contributed by atoms with Gasteiger partial charge in [0, 0.05) is 50.5 Å². The van der Waals surface area contributed by atoms with Gasteiger partial charge in [0.05, 0.1) is 27.6 Å². The SMILES string of the molecule is Oc1c(C2=CC(c3ccc4c(c3)c3ccccc3n4-c3ccccc3)=CCC#C2)nc(-c2ccc3c(c2)c2ccccc2n3-c2ccccc2)nc1-c1ccccc1. The van der Waals surface area contributed by atoms with Gasteiger partial charge in [0.25, 0.3) is 0 Å². The van der Waals surface area contributed by atoms with E-state index in [9.17, 15) is 5.11 Å². The van der Waals surface area contributed by atoms with Crippen LogP contribution < -0.4 is 0 Å². The van der Waals surface area contributed by atoms with Crippen molar-refractivity contribution in [3.63, 3.8) is 0 Å². The van der Waals surface area contributed by atoms with Crippen LogP contribution in [0.1, 0.15) is 17.7 Å². The summed E-state index contributed by atoms with van der Waals surface area (Å²) in [7, 11) is 0. The fraction of sp³-hybridized carbons (Fsp3) is 0.0189. The number of aromatic nitrogens is 4. The lowest BCUT2D eigenvalue weighted by molar-refractivity contribution is 0.470. The summed E-state index contributed by atoms with van der Waals surface area (Å²) in [5.74, 6) is 7.20. The number of para-hydroxylation sites is 4. The number of fused-ring (bicyclic) bond motifs is 6. The number of rotatable bonds is 6. The average molecular weight is 743 g/mol. The van der Waals surface area contributed by atoms with Crippen LogP contribution in [-0.4, -0.2) is 24.2 Å². The van der Waals surface area contributed by atoms with E-state index in [1.807, 2.05) is 42.5 Å². The molecule has 7 aromatic carbocycles. The van der Waals surface area contributed by atoms with Crippen LogP contribution >= 0.6 is 0 Å². The Hall–Kier alpha value is -7.94. The van der Waals surface area contributed by atoms with Crippen LogP contribution in [0.4, 0.5) is 0 Å². The second-order valence-corrected chi connectivity index (χ2v) is 14.5. The minimum Gasteiger partial charge on any atom is -0.504 e. The monoisotopic (exact) mass is 742 g/mol. The first-order valence-electron chi connectivity index (χ1n) is 19.5. The van der Waals surface area contributed by atoms with Crippen LogP contribution in [0, 0.1) is 11.8 Å². The minimum atomic E-state index is -0.000100. The van der Waals surface area contributed by atoms with E-state index in [1.54, 1.807) is 0 Å². The third kappa shape index (κ3) is 5.50. The third-order valence-corrected chi connectivity index (χ3v) is 11.1. The minimum absolute atomic E-state index is 0.000100. The lowest BCUT2D eigenvalue weighted by atomic mass is 9.98. The van der Waals surface area contributed by atoms with Crippen LogP contribution in [-0.2, 0) is 0 Å². The molecule has 0 saturated carbocycles. The van der Waals surface area contributed by atoms with E-state index in [-0.39, 0.29) is 5.75 Å². The highest BCUT2D eigenvalue weighted by molar-refractivity contribution is 6.11. The van der Waals surface area contributed by atoms with E-state index in [0.717, 1.165) is 66.5 Å². The first kappa shape index (κ1) is 33.4. The Kier molecular flexibility index (Phi) is 7.87. The van der Waals surface area contributed by atoms with Crippen molar-refractivity contribution in [2.24, 2.45) is 0 Å². The van der Waals surface area contributed by atoms with Crippen LogP contribution in [0.5, 0.6) is 5.75 Å². The van der Waals surface area contributed by atoms with E-state index in [1.165, 1.54) is 10.8 Å². The molecule has 0 saturated heterocycles. The number of benzene rings is 7. The molecular weight excluding hydrogens is 709 g/mol. The van der Waals surface area contributed by atoms with E-state index in [2.05, 4.69) is 167 Å². The Labute approximate surface area is 335 Å². The molecule has 58 heavy (non-hydrogen) atoms.